The monoisotopic (exact) mass is 222 g/mol. The van der Waals surface area contributed by atoms with Gasteiger partial charge >= 0.3 is 0 Å². The first-order valence-electron chi connectivity index (χ1n) is 5.66. The van der Waals surface area contributed by atoms with Crippen LogP contribution in [0.1, 0.15) is 25.7 Å². The van der Waals surface area contributed by atoms with E-state index in [-0.39, 0.29) is 12.0 Å². The molecule has 1 saturated carbocycles. The summed E-state index contributed by atoms with van der Waals surface area (Å²) in [7, 11) is 0. The molecule has 1 aromatic heterocycles. The first-order valence-corrected chi connectivity index (χ1v) is 5.66. The summed E-state index contributed by atoms with van der Waals surface area (Å²) in [6.45, 7) is 0.954. The first kappa shape index (κ1) is 11.1. The minimum atomic E-state index is 0.0113. The van der Waals surface area contributed by atoms with Crippen LogP contribution in [0.15, 0.2) is 12.5 Å². The maximum atomic E-state index is 9.46. The molecule has 0 atom stereocenters. The molecule has 1 aliphatic carbocycles. The van der Waals surface area contributed by atoms with Crippen molar-refractivity contribution in [3.05, 3.63) is 12.5 Å². The summed E-state index contributed by atoms with van der Waals surface area (Å²) in [6, 6.07) is 0. The Balaban J connectivity index is 1.98. The summed E-state index contributed by atoms with van der Waals surface area (Å²) >= 11 is 0. The van der Waals surface area contributed by atoms with Crippen LogP contribution in [0.4, 0.5) is 11.5 Å². The van der Waals surface area contributed by atoms with E-state index in [0.29, 0.717) is 11.5 Å². The van der Waals surface area contributed by atoms with Gasteiger partial charge in [-0.25, -0.2) is 9.97 Å². The first-order chi connectivity index (χ1) is 7.76. The van der Waals surface area contributed by atoms with Gasteiger partial charge in [0.05, 0.1) is 18.5 Å². The third-order valence-corrected chi connectivity index (χ3v) is 3.37. The van der Waals surface area contributed by atoms with Crippen LogP contribution in [0.5, 0.6) is 0 Å². The second-order valence-corrected chi connectivity index (χ2v) is 4.55. The number of nitrogen functional groups attached to an aromatic ring is 1. The van der Waals surface area contributed by atoms with E-state index >= 15 is 0 Å². The zero-order valence-electron chi connectivity index (χ0n) is 9.32. The van der Waals surface area contributed by atoms with Crippen molar-refractivity contribution in [3.63, 3.8) is 0 Å². The van der Waals surface area contributed by atoms with Crippen LogP contribution in [-0.4, -0.2) is 28.2 Å². The van der Waals surface area contributed by atoms with Gasteiger partial charge in [0.1, 0.15) is 6.33 Å². The van der Waals surface area contributed by atoms with Crippen LogP contribution in [0, 0.1) is 5.41 Å². The van der Waals surface area contributed by atoms with Gasteiger partial charge < -0.3 is 16.2 Å². The topological polar surface area (TPSA) is 84.1 Å². The maximum Gasteiger partial charge on any atom is 0.152 e. The number of hydrogen-bond donors (Lipinski definition) is 3. The van der Waals surface area contributed by atoms with Crippen LogP contribution in [-0.2, 0) is 0 Å². The van der Waals surface area contributed by atoms with Crippen molar-refractivity contribution < 1.29 is 5.11 Å². The van der Waals surface area contributed by atoms with Gasteiger partial charge in [-0.05, 0) is 12.8 Å². The van der Waals surface area contributed by atoms with Crippen molar-refractivity contribution in [2.45, 2.75) is 25.7 Å². The number of aliphatic hydroxyl groups excluding tert-OH is 1. The largest absolute Gasteiger partial charge is 0.396 e. The van der Waals surface area contributed by atoms with E-state index in [9.17, 15) is 5.11 Å². The lowest BCUT2D eigenvalue weighted by Crippen LogP contribution is -2.31. The molecule has 1 fully saturated rings. The van der Waals surface area contributed by atoms with E-state index in [1.165, 1.54) is 19.2 Å². The molecule has 0 amide bonds. The SMILES string of the molecule is Nc1cncnc1NCC1(CO)CCCC1. The van der Waals surface area contributed by atoms with Gasteiger partial charge in [-0.3, -0.25) is 0 Å². The van der Waals surface area contributed by atoms with Crippen LogP contribution < -0.4 is 11.1 Å². The summed E-state index contributed by atoms with van der Waals surface area (Å²) in [5.74, 6) is 0.662. The standard InChI is InChI=1S/C11H18N4O/c12-9-5-13-8-15-10(9)14-6-11(7-16)3-1-2-4-11/h5,8,16H,1-4,6-7,12H2,(H,13,14,15). The quantitative estimate of drug-likeness (QED) is 0.708. The molecule has 4 N–H and O–H groups in total. The maximum absolute atomic E-state index is 9.46. The van der Waals surface area contributed by atoms with E-state index in [4.69, 9.17) is 5.73 Å². The Labute approximate surface area is 95.1 Å². The molecule has 0 aromatic carbocycles. The fourth-order valence-electron chi connectivity index (χ4n) is 2.28. The van der Waals surface area contributed by atoms with Crippen LogP contribution in [0.2, 0.25) is 0 Å². The summed E-state index contributed by atoms with van der Waals surface area (Å²) < 4.78 is 0. The molecule has 5 heteroatoms. The Morgan fingerprint density at radius 1 is 1.44 bits per heavy atom. The van der Waals surface area contributed by atoms with E-state index in [2.05, 4.69) is 15.3 Å². The predicted molar refractivity (Wildman–Crippen MR) is 62.9 cm³/mol. The molecule has 16 heavy (non-hydrogen) atoms. The van der Waals surface area contributed by atoms with Crippen molar-refractivity contribution >= 4 is 11.5 Å². The van der Waals surface area contributed by atoms with Gasteiger partial charge in [-0.2, -0.15) is 0 Å². The van der Waals surface area contributed by atoms with Gasteiger partial charge in [-0.1, -0.05) is 12.8 Å². The molecule has 1 aliphatic rings. The summed E-state index contributed by atoms with van der Waals surface area (Å²) in [5.41, 5.74) is 6.30. The van der Waals surface area contributed by atoms with Gasteiger partial charge in [0, 0.05) is 12.0 Å². The highest BCUT2D eigenvalue weighted by Gasteiger charge is 2.33. The van der Waals surface area contributed by atoms with Gasteiger partial charge in [-0.15, -0.1) is 0 Å². The Kier molecular flexibility index (Phi) is 3.24. The normalized spacial score (nSPS) is 18.6. The number of aromatic nitrogens is 2. The number of nitrogens with one attached hydrogen (secondary N) is 1. The van der Waals surface area contributed by atoms with Crippen LogP contribution in [0.3, 0.4) is 0 Å². The minimum Gasteiger partial charge on any atom is -0.396 e. The molecule has 2 rings (SSSR count). The van der Waals surface area contributed by atoms with E-state index in [1.54, 1.807) is 6.20 Å². The predicted octanol–water partition coefficient (Wildman–Crippen LogP) is 1.02. The van der Waals surface area contributed by atoms with Crippen molar-refractivity contribution in [3.8, 4) is 0 Å². The van der Waals surface area contributed by atoms with E-state index in [0.717, 1.165) is 19.4 Å². The van der Waals surface area contributed by atoms with Gasteiger partial charge in [0.15, 0.2) is 5.82 Å². The van der Waals surface area contributed by atoms with E-state index in [1.807, 2.05) is 0 Å². The number of anilines is 2. The summed E-state index contributed by atoms with van der Waals surface area (Å²) in [6.07, 6.45) is 7.58. The van der Waals surface area contributed by atoms with Crippen molar-refractivity contribution in [1.82, 2.24) is 9.97 Å². The zero-order valence-corrected chi connectivity index (χ0v) is 9.32. The smallest absolute Gasteiger partial charge is 0.152 e. The second-order valence-electron chi connectivity index (χ2n) is 4.55. The lowest BCUT2D eigenvalue weighted by molar-refractivity contribution is 0.142. The highest BCUT2D eigenvalue weighted by atomic mass is 16.3. The number of nitrogens with zero attached hydrogens (tertiary/aromatic N) is 2. The molecule has 1 aromatic rings. The Hall–Kier alpha value is -1.36. The summed E-state index contributed by atoms with van der Waals surface area (Å²) in [4.78, 5) is 7.91. The van der Waals surface area contributed by atoms with Crippen molar-refractivity contribution in [2.75, 3.05) is 24.2 Å². The number of rotatable bonds is 4. The molecule has 0 radical (unpaired) electrons. The molecule has 1 heterocycles. The Morgan fingerprint density at radius 3 is 2.81 bits per heavy atom. The Morgan fingerprint density at radius 2 is 2.19 bits per heavy atom. The Bertz CT molecular complexity index is 350. The highest BCUT2D eigenvalue weighted by Crippen LogP contribution is 2.37. The lowest BCUT2D eigenvalue weighted by Gasteiger charge is -2.27. The fourth-order valence-corrected chi connectivity index (χ4v) is 2.28. The minimum absolute atomic E-state index is 0.0113. The molecule has 5 nitrogen and oxygen atoms in total. The average Bonchev–Trinajstić information content (AvgIpc) is 2.78. The van der Waals surface area contributed by atoms with Crippen LogP contribution in [0.25, 0.3) is 0 Å². The molecular weight excluding hydrogens is 204 g/mol. The molecule has 0 spiro atoms. The zero-order chi connectivity index (χ0) is 11.4. The molecule has 0 unspecified atom stereocenters. The van der Waals surface area contributed by atoms with Crippen molar-refractivity contribution in [2.24, 2.45) is 5.41 Å². The lowest BCUT2D eigenvalue weighted by atomic mass is 9.87. The molecular formula is C11H18N4O. The van der Waals surface area contributed by atoms with E-state index < -0.39 is 0 Å². The molecule has 88 valence electrons. The fraction of sp³-hybridized carbons (Fsp3) is 0.636. The third kappa shape index (κ3) is 2.24. The number of hydrogen-bond acceptors (Lipinski definition) is 5. The highest BCUT2D eigenvalue weighted by molar-refractivity contribution is 5.58. The average molecular weight is 222 g/mol. The number of nitrogens with two attached hydrogens (primary N) is 1. The van der Waals surface area contributed by atoms with Crippen LogP contribution >= 0.6 is 0 Å². The van der Waals surface area contributed by atoms with Gasteiger partial charge in [0.2, 0.25) is 0 Å². The number of aliphatic hydroxyl groups is 1. The van der Waals surface area contributed by atoms with Gasteiger partial charge in [0.25, 0.3) is 0 Å². The summed E-state index contributed by atoms with van der Waals surface area (Å²) in [5, 5.41) is 12.7. The second kappa shape index (κ2) is 4.65. The third-order valence-electron chi connectivity index (χ3n) is 3.37. The van der Waals surface area contributed by atoms with Crippen molar-refractivity contribution in [1.29, 1.82) is 0 Å². The molecule has 0 aliphatic heterocycles. The molecule has 0 bridgehead atoms. The molecule has 0 saturated heterocycles.